The first-order chi connectivity index (χ1) is 12.0. The van der Waals surface area contributed by atoms with Gasteiger partial charge in [-0.1, -0.05) is 18.2 Å². The Labute approximate surface area is 149 Å². The third kappa shape index (κ3) is 3.56. The lowest BCUT2D eigenvalue weighted by Gasteiger charge is -2.35. The second kappa shape index (κ2) is 7.07. The molecule has 25 heavy (non-hydrogen) atoms. The molecular formula is C20H26N4O. The van der Waals surface area contributed by atoms with Crippen molar-refractivity contribution in [1.82, 2.24) is 5.01 Å². The summed E-state index contributed by atoms with van der Waals surface area (Å²) in [6.45, 7) is 2.24. The molecule has 1 aliphatic heterocycles. The van der Waals surface area contributed by atoms with E-state index in [1.165, 1.54) is 16.3 Å². The second-order valence-electron chi connectivity index (χ2n) is 6.60. The molecule has 0 radical (unpaired) electrons. The van der Waals surface area contributed by atoms with E-state index in [4.69, 9.17) is 16.3 Å². The summed E-state index contributed by atoms with van der Waals surface area (Å²) in [5.41, 5.74) is 10.1. The van der Waals surface area contributed by atoms with Gasteiger partial charge in [-0.05, 0) is 44.0 Å². The van der Waals surface area contributed by atoms with E-state index >= 15 is 0 Å². The average Bonchev–Trinajstić information content (AvgIpc) is 2.58. The Bertz CT molecular complexity index is 771. The van der Waals surface area contributed by atoms with Gasteiger partial charge in [0.2, 0.25) is 0 Å². The van der Waals surface area contributed by atoms with Crippen molar-refractivity contribution in [3.63, 3.8) is 0 Å². The number of benzene rings is 2. The summed E-state index contributed by atoms with van der Waals surface area (Å²) in [7, 11) is 3.87. The van der Waals surface area contributed by atoms with Gasteiger partial charge in [0, 0.05) is 43.2 Å². The molecule has 0 spiro atoms. The standard InChI is InChI=1S/C20H26N4O/c1-14-9-10-17-19(24(14)3)12-11-16(18(21)13-23(2)22)20(17)25-15-7-5-4-6-8-15/h4-8,11-14H,9-10,21-22H2,1-3H3/b18-13-. The molecule has 132 valence electrons. The highest BCUT2D eigenvalue weighted by Gasteiger charge is 2.25. The van der Waals surface area contributed by atoms with Crippen molar-refractivity contribution < 1.29 is 4.74 Å². The molecular weight excluding hydrogens is 312 g/mol. The number of para-hydroxylation sites is 1. The van der Waals surface area contributed by atoms with Crippen LogP contribution in [0, 0.1) is 0 Å². The number of rotatable bonds is 4. The number of hydrogen-bond acceptors (Lipinski definition) is 5. The van der Waals surface area contributed by atoms with Gasteiger partial charge in [0.15, 0.2) is 0 Å². The third-order valence-electron chi connectivity index (χ3n) is 4.71. The Balaban J connectivity index is 2.13. The molecule has 4 N–H and O–H groups in total. The van der Waals surface area contributed by atoms with Gasteiger partial charge in [-0.25, -0.2) is 5.84 Å². The van der Waals surface area contributed by atoms with E-state index in [2.05, 4.69) is 24.9 Å². The Morgan fingerprint density at radius 2 is 1.96 bits per heavy atom. The first-order valence-corrected chi connectivity index (χ1v) is 8.54. The molecule has 0 saturated heterocycles. The molecule has 5 heteroatoms. The number of nitrogens with two attached hydrogens (primary N) is 2. The number of anilines is 1. The summed E-state index contributed by atoms with van der Waals surface area (Å²) in [5.74, 6) is 7.36. The largest absolute Gasteiger partial charge is 0.456 e. The average molecular weight is 338 g/mol. The highest BCUT2D eigenvalue weighted by atomic mass is 16.5. The van der Waals surface area contributed by atoms with Crippen LogP contribution in [0.3, 0.4) is 0 Å². The van der Waals surface area contributed by atoms with Crippen LogP contribution in [0.15, 0.2) is 48.7 Å². The van der Waals surface area contributed by atoms with Crippen LogP contribution in [0.2, 0.25) is 0 Å². The molecule has 0 bridgehead atoms. The Kier molecular flexibility index (Phi) is 4.86. The molecule has 0 aromatic heterocycles. The van der Waals surface area contributed by atoms with Gasteiger partial charge < -0.3 is 20.4 Å². The normalized spacial score (nSPS) is 17.2. The zero-order chi connectivity index (χ0) is 18.0. The Morgan fingerprint density at radius 1 is 1.24 bits per heavy atom. The minimum Gasteiger partial charge on any atom is -0.456 e. The summed E-state index contributed by atoms with van der Waals surface area (Å²) >= 11 is 0. The Morgan fingerprint density at radius 3 is 2.64 bits per heavy atom. The fraction of sp³-hybridized carbons (Fsp3) is 0.300. The zero-order valence-corrected chi connectivity index (χ0v) is 15.1. The molecule has 0 saturated carbocycles. The lowest BCUT2D eigenvalue weighted by Crippen LogP contribution is -2.33. The summed E-state index contributed by atoms with van der Waals surface area (Å²) in [5, 5.41) is 1.45. The number of fused-ring (bicyclic) bond motifs is 1. The lowest BCUT2D eigenvalue weighted by molar-refractivity contribution is 0.465. The monoisotopic (exact) mass is 338 g/mol. The highest BCUT2D eigenvalue weighted by Crippen LogP contribution is 2.41. The van der Waals surface area contributed by atoms with Crippen LogP contribution in [0.1, 0.15) is 24.5 Å². The predicted octanol–water partition coefficient (Wildman–Crippen LogP) is 3.31. The maximum absolute atomic E-state index is 6.29. The van der Waals surface area contributed by atoms with E-state index < -0.39 is 0 Å². The SMILES string of the molecule is CC1CCc2c(ccc(/C(N)=C/N(C)N)c2Oc2ccccc2)N1C. The molecule has 1 unspecified atom stereocenters. The van der Waals surface area contributed by atoms with Crippen molar-refractivity contribution in [3.05, 3.63) is 59.8 Å². The minimum atomic E-state index is 0.506. The predicted molar refractivity (Wildman–Crippen MR) is 103 cm³/mol. The van der Waals surface area contributed by atoms with E-state index in [0.717, 1.165) is 29.9 Å². The van der Waals surface area contributed by atoms with Crippen LogP contribution < -0.4 is 21.2 Å². The number of hydrogen-bond donors (Lipinski definition) is 2. The topological polar surface area (TPSA) is 67.8 Å². The molecule has 5 nitrogen and oxygen atoms in total. The number of nitrogens with zero attached hydrogens (tertiary/aromatic N) is 2. The van der Waals surface area contributed by atoms with Crippen molar-refractivity contribution in [2.24, 2.45) is 11.6 Å². The van der Waals surface area contributed by atoms with E-state index in [0.29, 0.717) is 11.7 Å². The van der Waals surface area contributed by atoms with Crippen LogP contribution in [0.4, 0.5) is 5.69 Å². The first-order valence-electron chi connectivity index (χ1n) is 8.54. The van der Waals surface area contributed by atoms with Gasteiger partial charge >= 0.3 is 0 Å². The summed E-state index contributed by atoms with van der Waals surface area (Å²) in [4.78, 5) is 2.30. The molecule has 0 fully saturated rings. The highest BCUT2D eigenvalue weighted by molar-refractivity contribution is 5.75. The van der Waals surface area contributed by atoms with Crippen LogP contribution in [-0.2, 0) is 6.42 Å². The summed E-state index contributed by atoms with van der Waals surface area (Å²) < 4.78 is 6.29. The van der Waals surface area contributed by atoms with Crippen LogP contribution in [0.25, 0.3) is 5.70 Å². The maximum atomic E-state index is 6.29. The van der Waals surface area contributed by atoms with Crippen LogP contribution in [0.5, 0.6) is 11.5 Å². The quantitative estimate of drug-likeness (QED) is 0.661. The van der Waals surface area contributed by atoms with E-state index in [1.807, 2.05) is 36.4 Å². The van der Waals surface area contributed by atoms with Gasteiger partial charge in [-0.15, -0.1) is 0 Å². The minimum absolute atomic E-state index is 0.506. The molecule has 1 heterocycles. The smallest absolute Gasteiger partial charge is 0.142 e. The third-order valence-corrected chi connectivity index (χ3v) is 4.71. The van der Waals surface area contributed by atoms with E-state index in [9.17, 15) is 0 Å². The van der Waals surface area contributed by atoms with E-state index in [-0.39, 0.29) is 0 Å². The molecule has 3 rings (SSSR count). The number of hydrazine groups is 1. The molecule has 1 atom stereocenters. The first kappa shape index (κ1) is 17.2. The van der Waals surface area contributed by atoms with E-state index in [1.54, 1.807) is 13.2 Å². The summed E-state index contributed by atoms with van der Waals surface area (Å²) in [6.07, 6.45) is 3.75. The second-order valence-corrected chi connectivity index (χ2v) is 6.60. The summed E-state index contributed by atoms with van der Waals surface area (Å²) in [6, 6.07) is 14.4. The molecule has 1 aliphatic rings. The zero-order valence-electron chi connectivity index (χ0n) is 15.1. The molecule has 0 aliphatic carbocycles. The maximum Gasteiger partial charge on any atom is 0.142 e. The Hall–Kier alpha value is -2.66. The van der Waals surface area contributed by atoms with Gasteiger partial charge in [0.25, 0.3) is 0 Å². The van der Waals surface area contributed by atoms with Gasteiger partial charge in [-0.2, -0.15) is 0 Å². The van der Waals surface area contributed by atoms with Crippen LogP contribution in [-0.4, -0.2) is 25.1 Å². The van der Waals surface area contributed by atoms with Gasteiger partial charge in [0.05, 0.1) is 5.70 Å². The van der Waals surface area contributed by atoms with Gasteiger partial charge in [0.1, 0.15) is 11.5 Å². The van der Waals surface area contributed by atoms with Gasteiger partial charge in [-0.3, -0.25) is 0 Å². The lowest BCUT2D eigenvalue weighted by atomic mass is 9.93. The van der Waals surface area contributed by atoms with Crippen molar-refractivity contribution >= 4 is 11.4 Å². The van der Waals surface area contributed by atoms with Crippen molar-refractivity contribution in [1.29, 1.82) is 0 Å². The van der Waals surface area contributed by atoms with Crippen LogP contribution >= 0.6 is 0 Å². The van der Waals surface area contributed by atoms with Crippen molar-refractivity contribution in [2.45, 2.75) is 25.8 Å². The molecule has 2 aromatic rings. The van der Waals surface area contributed by atoms with Crippen molar-refractivity contribution in [3.8, 4) is 11.5 Å². The van der Waals surface area contributed by atoms with Crippen molar-refractivity contribution in [2.75, 3.05) is 19.0 Å². The molecule has 2 aromatic carbocycles. The fourth-order valence-corrected chi connectivity index (χ4v) is 3.21. The molecule has 0 amide bonds. The fourth-order valence-electron chi connectivity index (χ4n) is 3.21. The number of ether oxygens (including phenoxy) is 1.